The van der Waals surface area contributed by atoms with Gasteiger partial charge in [0, 0.05) is 7.11 Å². The molecule has 1 amide bonds. The topological polar surface area (TPSA) is 144 Å². The molecule has 0 unspecified atom stereocenters. The molecule has 0 radical (unpaired) electrons. The largest absolute Gasteiger partial charge is 0.461 e. The van der Waals surface area contributed by atoms with Gasteiger partial charge in [-0.1, -0.05) is 0 Å². The molecule has 0 aromatic carbocycles. The van der Waals surface area contributed by atoms with Crippen LogP contribution in [0.1, 0.15) is 20.8 Å². The summed E-state index contributed by atoms with van der Waals surface area (Å²) in [7, 11) is 1.26. The highest BCUT2D eigenvalue weighted by molar-refractivity contribution is 5.78. The first-order valence-corrected chi connectivity index (χ1v) is 7.40. The van der Waals surface area contributed by atoms with E-state index in [1.165, 1.54) is 7.11 Å². The summed E-state index contributed by atoms with van der Waals surface area (Å²) in [6.45, 7) is 4.21. The summed E-state index contributed by atoms with van der Waals surface area (Å²) in [5.74, 6) is -0.786. The van der Waals surface area contributed by atoms with Crippen molar-refractivity contribution in [1.29, 1.82) is 0 Å². The van der Waals surface area contributed by atoms with Gasteiger partial charge >= 0.3 is 12.1 Å². The number of hydrogen-bond acceptors (Lipinski definition) is 9. The summed E-state index contributed by atoms with van der Waals surface area (Å²) in [6.07, 6.45) is -7.41. The lowest BCUT2D eigenvalue weighted by Crippen LogP contribution is -2.59. The van der Waals surface area contributed by atoms with E-state index in [1.807, 2.05) is 0 Å². The zero-order valence-electron chi connectivity index (χ0n) is 14.1. The van der Waals surface area contributed by atoms with Gasteiger partial charge < -0.3 is 39.6 Å². The van der Waals surface area contributed by atoms with Gasteiger partial charge in [0.2, 0.25) is 0 Å². The maximum absolute atomic E-state index is 11.6. The molecule has 140 valence electrons. The molecule has 0 aromatic heterocycles. The van der Waals surface area contributed by atoms with Crippen LogP contribution in [-0.2, 0) is 23.7 Å². The number of carbonyl (C=O) groups is 2. The molecular weight excluding hydrogens is 326 g/mol. The molecule has 5 atom stereocenters. The normalized spacial score (nSPS) is 30.5. The van der Waals surface area contributed by atoms with Crippen LogP contribution in [0, 0.1) is 0 Å². The third kappa shape index (κ3) is 6.21. The van der Waals surface area contributed by atoms with Gasteiger partial charge in [-0.15, -0.1) is 0 Å². The van der Waals surface area contributed by atoms with Crippen LogP contribution in [0.2, 0.25) is 0 Å². The van der Waals surface area contributed by atoms with E-state index in [9.17, 15) is 24.9 Å². The van der Waals surface area contributed by atoms with E-state index in [-0.39, 0.29) is 6.61 Å². The first-order chi connectivity index (χ1) is 11.0. The van der Waals surface area contributed by atoms with Gasteiger partial charge in [0.05, 0.1) is 0 Å². The van der Waals surface area contributed by atoms with E-state index in [4.69, 9.17) is 18.9 Å². The van der Waals surface area contributed by atoms with Crippen LogP contribution in [0.15, 0.2) is 0 Å². The van der Waals surface area contributed by atoms with Gasteiger partial charge in [-0.3, -0.25) is 4.79 Å². The molecule has 1 saturated heterocycles. The summed E-state index contributed by atoms with van der Waals surface area (Å²) in [4.78, 5) is 23.0. The third-order valence-electron chi connectivity index (χ3n) is 3.09. The van der Waals surface area contributed by atoms with Crippen molar-refractivity contribution in [2.45, 2.75) is 57.1 Å². The van der Waals surface area contributed by atoms with Crippen molar-refractivity contribution < 1.29 is 43.9 Å². The number of nitrogens with one attached hydrogen (secondary N) is 1. The van der Waals surface area contributed by atoms with Gasteiger partial charge in [-0.05, 0) is 20.8 Å². The van der Waals surface area contributed by atoms with Gasteiger partial charge in [-0.2, -0.15) is 0 Å². The number of aliphatic hydroxyl groups is 3. The van der Waals surface area contributed by atoms with E-state index in [1.54, 1.807) is 20.8 Å². The van der Waals surface area contributed by atoms with Crippen LogP contribution in [0.4, 0.5) is 4.79 Å². The molecule has 1 heterocycles. The van der Waals surface area contributed by atoms with Crippen LogP contribution >= 0.6 is 0 Å². The SMILES string of the molecule is CO[C@H]1O[C@H](COC(=O)CNC(=O)OC(C)(C)C)[C@@H](O)[C@@H](O)[C@@H]1O. The Hall–Kier alpha value is -1.46. The number of hydrogen-bond donors (Lipinski definition) is 4. The number of alkyl carbamates (subject to hydrolysis) is 1. The molecule has 1 aliphatic rings. The Kier molecular flexibility index (Phi) is 7.36. The van der Waals surface area contributed by atoms with Crippen molar-refractivity contribution in [2.75, 3.05) is 20.3 Å². The highest BCUT2D eigenvalue weighted by atomic mass is 16.7. The van der Waals surface area contributed by atoms with Crippen molar-refractivity contribution >= 4 is 12.1 Å². The Balaban J connectivity index is 2.39. The molecule has 0 bridgehead atoms. The van der Waals surface area contributed by atoms with E-state index < -0.39 is 54.9 Å². The molecule has 0 aromatic rings. The van der Waals surface area contributed by atoms with Crippen LogP contribution < -0.4 is 5.32 Å². The number of methoxy groups -OCH3 is 1. The maximum Gasteiger partial charge on any atom is 0.408 e. The Morgan fingerprint density at radius 2 is 1.75 bits per heavy atom. The lowest BCUT2D eigenvalue weighted by atomic mass is 9.99. The lowest BCUT2D eigenvalue weighted by molar-refractivity contribution is -0.295. The second-order valence-electron chi connectivity index (χ2n) is 6.29. The predicted molar refractivity (Wildman–Crippen MR) is 78.9 cm³/mol. The predicted octanol–water partition coefficient (Wildman–Crippen LogP) is -1.49. The number of aliphatic hydroxyl groups excluding tert-OH is 3. The number of esters is 1. The van der Waals surface area contributed by atoms with Crippen molar-refractivity contribution in [3.05, 3.63) is 0 Å². The molecule has 1 rings (SSSR count). The van der Waals surface area contributed by atoms with Crippen molar-refractivity contribution in [2.24, 2.45) is 0 Å². The van der Waals surface area contributed by atoms with Crippen molar-refractivity contribution in [3.8, 4) is 0 Å². The molecule has 10 nitrogen and oxygen atoms in total. The molecule has 1 aliphatic heterocycles. The van der Waals surface area contributed by atoms with Gasteiger partial charge in [0.1, 0.15) is 43.2 Å². The van der Waals surface area contributed by atoms with E-state index in [0.717, 1.165) is 0 Å². The van der Waals surface area contributed by atoms with Crippen LogP contribution in [0.25, 0.3) is 0 Å². The van der Waals surface area contributed by atoms with Crippen LogP contribution in [0.5, 0.6) is 0 Å². The molecule has 1 fully saturated rings. The molecule has 0 saturated carbocycles. The monoisotopic (exact) mass is 351 g/mol. The summed E-state index contributed by atoms with van der Waals surface area (Å²) < 4.78 is 19.8. The Morgan fingerprint density at radius 3 is 2.29 bits per heavy atom. The van der Waals surface area contributed by atoms with Crippen LogP contribution in [-0.4, -0.2) is 84.0 Å². The minimum absolute atomic E-state index is 0.389. The van der Waals surface area contributed by atoms with Crippen LogP contribution in [0.3, 0.4) is 0 Å². The number of ether oxygens (including phenoxy) is 4. The first kappa shape index (κ1) is 20.6. The summed E-state index contributed by atoms with van der Waals surface area (Å²) in [5.41, 5.74) is -0.694. The zero-order chi connectivity index (χ0) is 18.5. The van der Waals surface area contributed by atoms with Gasteiger partial charge in [-0.25, -0.2) is 4.79 Å². The summed E-state index contributed by atoms with van der Waals surface area (Å²) >= 11 is 0. The Labute approximate surface area is 139 Å². The highest BCUT2D eigenvalue weighted by Gasteiger charge is 2.44. The number of amides is 1. The van der Waals surface area contributed by atoms with E-state index in [0.29, 0.717) is 0 Å². The second kappa shape index (κ2) is 8.58. The molecule has 4 N–H and O–H groups in total. The summed E-state index contributed by atoms with van der Waals surface area (Å²) in [6, 6.07) is 0. The number of rotatable bonds is 5. The maximum atomic E-state index is 11.6. The standard InChI is InChI=1S/C14H25NO9/c1-14(2,3)24-13(20)15-5-8(16)22-6-7-9(17)10(18)11(19)12(21-4)23-7/h7,9-12,17-19H,5-6H2,1-4H3,(H,15,20)/t7-,9-,10-,11+,12+/m1/s1. The average molecular weight is 351 g/mol. The minimum atomic E-state index is -1.51. The van der Waals surface area contributed by atoms with Crippen molar-refractivity contribution in [1.82, 2.24) is 5.32 Å². The highest BCUT2D eigenvalue weighted by Crippen LogP contribution is 2.21. The smallest absolute Gasteiger partial charge is 0.408 e. The second-order valence-corrected chi connectivity index (χ2v) is 6.29. The fraction of sp³-hybridized carbons (Fsp3) is 0.857. The molecule has 0 aliphatic carbocycles. The quantitative estimate of drug-likeness (QED) is 0.435. The summed E-state index contributed by atoms with van der Waals surface area (Å²) in [5, 5.41) is 31.3. The van der Waals surface area contributed by atoms with Gasteiger partial charge in [0.25, 0.3) is 0 Å². The molecule has 10 heteroatoms. The molecule has 24 heavy (non-hydrogen) atoms. The Morgan fingerprint density at radius 1 is 1.12 bits per heavy atom. The van der Waals surface area contributed by atoms with E-state index >= 15 is 0 Å². The lowest BCUT2D eigenvalue weighted by Gasteiger charge is -2.39. The third-order valence-corrected chi connectivity index (χ3v) is 3.09. The molecule has 0 spiro atoms. The van der Waals surface area contributed by atoms with Crippen molar-refractivity contribution in [3.63, 3.8) is 0 Å². The Bertz CT molecular complexity index is 434. The fourth-order valence-corrected chi connectivity index (χ4v) is 1.93. The number of carbonyl (C=O) groups excluding carboxylic acids is 2. The first-order valence-electron chi connectivity index (χ1n) is 7.40. The van der Waals surface area contributed by atoms with Gasteiger partial charge in [0.15, 0.2) is 6.29 Å². The van der Waals surface area contributed by atoms with E-state index in [2.05, 4.69) is 5.32 Å². The minimum Gasteiger partial charge on any atom is -0.461 e. The zero-order valence-corrected chi connectivity index (χ0v) is 14.1. The molecular formula is C14H25NO9. The fourth-order valence-electron chi connectivity index (χ4n) is 1.93. The average Bonchev–Trinajstić information content (AvgIpc) is 2.48.